The molecule has 1 heterocycles. The Morgan fingerprint density at radius 3 is 2.13 bits per heavy atom. The lowest BCUT2D eigenvalue weighted by Crippen LogP contribution is -2.26. The van der Waals surface area contributed by atoms with Crippen LogP contribution in [0.25, 0.3) is 11.1 Å². The van der Waals surface area contributed by atoms with Crippen LogP contribution in [-0.4, -0.2) is 12.2 Å². The largest absolute Gasteiger partial charge is 0.375 e. The van der Waals surface area contributed by atoms with Crippen LogP contribution in [0.15, 0.2) is 36.4 Å². The van der Waals surface area contributed by atoms with Crippen molar-refractivity contribution in [2.24, 2.45) is 11.8 Å². The maximum Gasteiger partial charge on any atom is 0.194 e. The first-order valence-corrected chi connectivity index (χ1v) is 11.9. The van der Waals surface area contributed by atoms with Crippen molar-refractivity contribution in [1.82, 2.24) is 0 Å². The van der Waals surface area contributed by atoms with Crippen LogP contribution in [0.1, 0.15) is 70.3 Å². The van der Waals surface area contributed by atoms with Crippen LogP contribution in [0.4, 0.5) is 13.2 Å². The minimum absolute atomic E-state index is 0.358. The van der Waals surface area contributed by atoms with E-state index in [4.69, 9.17) is 4.74 Å². The zero-order valence-electron chi connectivity index (χ0n) is 18.4. The quantitative estimate of drug-likeness (QED) is 0.406. The summed E-state index contributed by atoms with van der Waals surface area (Å²) >= 11 is 0. The molecule has 1 nitrogen and oxygen atoms in total. The van der Waals surface area contributed by atoms with Gasteiger partial charge >= 0.3 is 0 Å². The highest BCUT2D eigenvalue weighted by atomic mass is 19.2. The molecule has 0 bridgehead atoms. The molecular formula is C27H33F3O. The van der Waals surface area contributed by atoms with E-state index in [9.17, 15) is 13.2 Å². The third-order valence-corrected chi connectivity index (χ3v) is 7.28. The molecule has 1 saturated carbocycles. The van der Waals surface area contributed by atoms with Crippen LogP contribution in [0, 0.1) is 29.3 Å². The van der Waals surface area contributed by atoms with Crippen LogP contribution in [0.2, 0.25) is 0 Å². The molecule has 0 aromatic heterocycles. The van der Waals surface area contributed by atoms with Gasteiger partial charge in [0.05, 0.1) is 12.2 Å². The first kappa shape index (κ1) is 22.4. The average Bonchev–Trinajstić information content (AvgIpc) is 3.25. The highest BCUT2D eigenvalue weighted by Gasteiger charge is 2.33. The summed E-state index contributed by atoms with van der Waals surface area (Å²) in [5.74, 6) is -2.22. The van der Waals surface area contributed by atoms with Gasteiger partial charge in [0.2, 0.25) is 0 Å². The van der Waals surface area contributed by atoms with E-state index >= 15 is 0 Å². The first-order chi connectivity index (χ1) is 15.0. The van der Waals surface area contributed by atoms with Gasteiger partial charge in [0.25, 0.3) is 0 Å². The lowest BCUT2D eigenvalue weighted by atomic mass is 9.77. The monoisotopic (exact) mass is 430 g/mol. The zero-order chi connectivity index (χ0) is 21.8. The minimum atomic E-state index is -1.42. The Labute approximate surface area is 184 Å². The molecule has 0 amide bonds. The standard InChI is InChI=1S/C27H33F3O/c1-2-3-23-14-15-26(31-23)21-12-8-19(9-13-21)5-4-18-6-10-20(11-7-18)22-16-24(28)27(30)25(29)17-22/h6-7,10-11,16-17,19,21,23,26H,2-5,8-9,12-15H2,1H3. The van der Waals surface area contributed by atoms with Crippen molar-refractivity contribution >= 4 is 0 Å². The summed E-state index contributed by atoms with van der Waals surface area (Å²) in [7, 11) is 0. The predicted molar refractivity (Wildman–Crippen MR) is 118 cm³/mol. The van der Waals surface area contributed by atoms with Crippen LogP contribution >= 0.6 is 0 Å². The van der Waals surface area contributed by atoms with Crippen molar-refractivity contribution in [2.45, 2.75) is 83.3 Å². The summed E-state index contributed by atoms with van der Waals surface area (Å²) < 4.78 is 46.5. The van der Waals surface area contributed by atoms with Gasteiger partial charge in [-0.25, -0.2) is 13.2 Å². The minimum Gasteiger partial charge on any atom is -0.375 e. The number of benzene rings is 2. The Kier molecular flexibility index (Phi) is 7.37. The fraction of sp³-hybridized carbons (Fsp3) is 0.556. The maximum atomic E-state index is 13.5. The molecule has 168 valence electrons. The first-order valence-electron chi connectivity index (χ1n) is 11.9. The Bertz CT molecular complexity index is 832. The summed E-state index contributed by atoms with van der Waals surface area (Å²) in [4.78, 5) is 0. The fourth-order valence-electron chi connectivity index (χ4n) is 5.42. The van der Waals surface area contributed by atoms with Crippen molar-refractivity contribution in [3.8, 4) is 11.1 Å². The molecule has 1 aliphatic heterocycles. The lowest BCUT2D eigenvalue weighted by Gasteiger charge is -2.32. The Hall–Kier alpha value is -1.81. The highest BCUT2D eigenvalue weighted by Crippen LogP contribution is 2.39. The van der Waals surface area contributed by atoms with Gasteiger partial charge in [-0.05, 0) is 85.6 Å². The summed E-state index contributed by atoms with van der Waals surface area (Å²) in [6, 6.07) is 9.85. The van der Waals surface area contributed by atoms with E-state index in [-0.39, 0.29) is 0 Å². The molecule has 31 heavy (non-hydrogen) atoms. The van der Waals surface area contributed by atoms with E-state index < -0.39 is 17.5 Å². The van der Waals surface area contributed by atoms with Gasteiger partial charge in [0.15, 0.2) is 17.5 Å². The summed E-state index contributed by atoms with van der Waals surface area (Å²) in [5.41, 5.74) is 2.28. The van der Waals surface area contributed by atoms with Crippen molar-refractivity contribution < 1.29 is 17.9 Å². The number of hydrogen-bond acceptors (Lipinski definition) is 1. The van der Waals surface area contributed by atoms with E-state index in [1.807, 2.05) is 24.3 Å². The zero-order valence-corrected chi connectivity index (χ0v) is 18.4. The fourth-order valence-corrected chi connectivity index (χ4v) is 5.42. The molecule has 1 saturated heterocycles. The molecule has 4 rings (SSSR count). The number of hydrogen-bond donors (Lipinski definition) is 0. The highest BCUT2D eigenvalue weighted by molar-refractivity contribution is 5.63. The van der Waals surface area contributed by atoms with Crippen LogP contribution in [-0.2, 0) is 11.2 Å². The molecule has 2 fully saturated rings. The Morgan fingerprint density at radius 1 is 0.806 bits per heavy atom. The molecular weight excluding hydrogens is 397 g/mol. The van der Waals surface area contributed by atoms with Crippen LogP contribution in [0.5, 0.6) is 0 Å². The normalized spacial score (nSPS) is 26.3. The Morgan fingerprint density at radius 2 is 1.48 bits per heavy atom. The van der Waals surface area contributed by atoms with Crippen LogP contribution < -0.4 is 0 Å². The smallest absolute Gasteiger partial charge is 0.194 e. The van der Waals surface area contributed by atoms with E-state index in [1.165, 1.54) is 63.4 Å². The summed E-state index contributed by atoms with van der Waals surface area (Å²) in [5, 5.41) is 0. The molecule has 1 aliphatic carbocycles. The third kappa shape index (κ3) is 5.52. The van der Waals surface area contributed by atoms with Crippen LogP contribution in [0.3, 0.4) is 0 Å². The van der Waals surface area contributed by atoms with E-state index in [0.717, 1.165) is 30.4 Å². The molecule has 2 aliphatic rings. The average molecular weight is 431 g/mol. The summed E-state index contributed by atoms with van der Waals surface area (Å²) in [6.45, 7) is 2.23. The Balaban J connectivity index is 1.24. The SMILES string of the molecule is CCCC1CCC(C2CCC(CCc3ccc(-c4cc(F)c(F)c(F)c4)cc3)CC2)O1. The van der Waals surface area contributed by atoms with Gasteiger partial charge in [0.1, 0.15) is 0 Å². The third-order valence-electron chi connectivity index (χ3n) is 7.28. The maximum absolute atomic E-state index is 13.5. The van der Waals surface area contributed by atoms with Gasteiger partial charge in [-0.15, -0.1) is 0 Å². The van der Waals surface area contributed by atoms with Gasteiger partial charge in [-0.2, -0.15) is 0 Å². The van der Waals surface area contributed by atoms with Crippen molar-refractivity contribution in [3.05, 3.63) is 59.4 Å². The second-order valence-electron chi connectivity index (χ2n) is 9.43. The molecule has 0 radical (unpaired) electrons. The number of rotatable bonds is 7. The van der Waals surface area contributed by atoms with Gasteiger partial charge in [0, 0.05) is 0 Å². The van der Waals surface area contributed by atoms with Gasteiger partial charge in [-0.3, -0.25) is 0 Å². The van der Waals surface area contributed by atoms with Gasteiger partial charge < -0.3 is 4.74 Å². The molecule has 2 aromatic carbocycles. The number of ether oxygens (including phenoxy) is 1. The lowest BCUT2D eigenvalue weighted by molar-refractivity contribution is -0.00725. The molecule has 0 spiro atoms. The van der Waals surface area contributed by atoms with E-state index in [0.29, 0.717) is 23.3 Å². The second-order valence-corrected chi connectivity index (χ2v) is 9.43. The molecule has 4 heteroatoms. The predicted octanol–water partition coefficient (Wildman–Crippen LogP) is 7.86. The molecule has 2 unspecified atom stereocenters. The van der Waals surface area contributed by atoms with Gasteiger partial charge in [-0.1, -0.05) is 50.5 Å². The molecule has 2 aromatic rings. The van der Waals surface area contributed by atoms with Crippen molar-refractivity contribution in [1.29, 1.82) is 0 Å². The molecule has 0 N–H and O–H groups in total. The summed E-state index contributed by atoms with van der Waals surface area (Å²) in [6.07, 6.45) is 13.2. The molecule has 2 atom stereocenters. The number of aryl methyl sites for hydroxylation is 1. The topological polar surface area (TPSA) is 9.23 Å². The van der Waals surface area contributed by atoms with Crippen molar-refractivity contribution in [2.75, 3.05) is 0 Å². The van der Waals surface area contributed by atoms with E-state index in [2.05, 4.69) is 6.92 Å². The van der Waals surface area contributed by atoms with E-state index in [1.54, 1.807) is 0 Å². The van der Waals surface area contributed by atoms with Crippen molar-refractivity contribution in [3.63, 3.8) is 0 Å². The number of halogens is 3. The second kappa shape index (κ2) is 10.2.